The van der Waals surface area contributed by atoms with Gasteiger partial charge in [0.1, 0.15) is 0 Å². The van der Waals surface area contributed by atoms with Gasteiger partial charge in [-0.1, -0.05) is 54.6 Å². The van der Waals surface area contributed by atoms with Crippen LogP contribution in [-0.2, 0) is 4.57 Å². The van der Waals surface area contributed by atoms with E-state index < -0.39 is 18.1 Å². The molecule has 3 N–H and O–H groups in total. The normalized spacial score (nSPS) is 12.8. The summed E-state index contributed by atoms with van der Waals surface area (Å²) in [6, 6.07) is 28.0. The molecule has 3 aromatic rings. The number of hydrogen-bond acceptors (Lipinski definition) is 1. The lowest BCUT2D eigenvalue weighted by Crippen LogP contribution is -2.10. The van der Waals surface area contributed by atoms with E-state index in [4.69, 9.17) is 0 Å². The van der Waals surface area contributed by atoms with Gasteiger partial charge in [0.15, 0.2) is 0 Å². The Bertz CT molecular complexity index is 738. The molecule has 0 aromatic heterocycles. The van der Waals surface area contributed by atoms with Gasteiger partial charge in [-0.25, -0.2) is 0 Å². The van der Waals surface area contributed by atoms with Crippen LogP contribution >= 0.6 is 18.1 Å². The second-order valence-corrected chi connectivity index (χ2v) is 9.37. The zero-order valence-electron chi connectivity index (χ0n) is 12.8. The van der Waals surface area contributed by atoms with E-state index in [1.807, 2.05) is 91.0 Å². The van der Waals surface area contributed by atoms with Gasteiger partial charge in [0.2, 0.25) is 0 Å². The fourth-order valence-electron chi connectivity index (χ4n) is 2.56. The smallest absolute Gasteiger partial charge is 0.295 e. The Morgan fingerprint density at radius 1 is 0.625 bits per heavy atom. The van der Waals surface area contributed by atoms with Crippen LogP contribution in [0.15, 0.2) is 106 Å². The number of hydrogen-bond donors (Lipinski definition) is 2. The lowest BCUT2D eigenvalue weighted by molar-refractivity contribution is 0.223. The van der Waals surface area contributed by atoms with E-state index in [0.717, 1.165) is 14.7 Å². The minimum Gasteiger partial charge on any atom is -0.295 e. The Morgan fingerprint density at radius 3 is 1.17 bits per heavy atom. The highest BCUT2D eigenvalue weighted by Crippen LogP contribution is 2.72. The average Bonchev–Trinajstić information content (AvgIpc) is 2.61. The Hall–Kier alpha value is -1.88. The summed E-state index contributed by atoms with van der Waals surface area (Å²) in [6.45, 7) is 0. The molecule has 0 radical (unpaired) electrons. The van der Waals surface area contributed by atoms with Crippen molar-refractivity contribution >= 4 is 18.1 Å². The van der Waals surface area contributed by atoms with E-state index in [2.05, 4.69) is 3.97 Å². The third kappa shape index (κ3) is 3.46. The van der Waals surface area contributed by atoms with Crippen LogP contribution in [0.3, 0.4) is 0 Å². The molecule has 0 aliphatic rings. The van der Waals surface area contributed by atoms with Crippen LogP contribution in [0.25, 0.3) is 0 Å². The maximum absolute atomic E-state index is 11.9. The molecule has 0 bridgehead atoms. The lowest BCUT2D eigenvalue weighted by Gasteiger charge is -2.35. The zero-order chi connectivity index (χ0) is 17.0. The molecule has 3 rings (SSSR count). The van der Waals surface area contributed by atoms with Crippen molar-refractivity contribution in [2.24, 2.45) is 0 Å². The second-order valence-electron chi connectivity index (χ2n) is 5.11. The highest BCUT2D eigenvalue weighted by atomic mass is 32.3. The van der Waals surface area contributed by atoms with E-state index in [0.29, 0.717) is 0 Å². The first-order valence-electron chi connectivity index (χ1n) is 7.31. The van der Waals surface area contributed by atoms with Crippen molar-refractivity contribution in [3.63, 3.8) is 0 Å². The number of benzene rings is 3. The predicted molar refractivity (Wildman–Crippen MR) is 96.0 cm³/mol. The first kappa shape index (κ1) is 17.0. The summed E-state index contributed by atoms with van der Waals surface area (Å²) in [4.78, 5) is 21.8. The van der Waals surface area contributed by atoms with Gasteiger partial charge < -0.3 is 0 Å². The molecule has 0 heterocycles. The molecule has 0 saturated carbocycles. The molecule has 0 amide bonds. The summed E-state index contributed by atoms with van der Waals surface area (Å²) in [7, 11) is -7.05. The van der Waals surface area contributed by atoms with Gasteiger partial charge in [0.05, 0.1) is 25.0 Å². The van der Waals surface area contributed by atoms with Gasteiger partial charge in [0, 0.05) is 0 Å². The van der Waals surface area contributed by atoms with Crippen LogP contribution < -0.4 is 0 Å². The molecular weight excluding hydrogens is 343 g/mol. The Morgan fingerprint density at radius 2 is 0.917 bits per heavy atom. The molecule has 124 valence electrons. The zero-order valence-corrected chi connectivity index (χ0v) is 14.5. The third-order valence-electron chi connectivity index (χ3n) is 3.48. The SMILES string of the molecule is O=P(O)(O)[OH+]S(c1ccccc1)(c1ccccc1)c1ccccc1. The van der Waals surface area contributed by atoms with Gasteiger partial charge in [-0.2, -0.15) is 4.57 Å². The molecule has 0 spiro atoms. The highest BCUT2D eigenvalue weighted by molar-refractivity contribution is 8.31. The van der Waals surface area contributed by atoms with Gasteiger partial charge in [-0.15, -0.1) is 0 Å². The van der Waals surface area contributed by atoms with E-state index in [1.165, 1.54) is 0 Å². The van der Waals surface area contributed by atoms with Gasteiger partial charge in [-0.3, -0.25) is 13.8 Å². The summed E-state index contributed by atoms with van der Waals surface area (Å²) in [6.07, 6.45) is 0. The van der Waals surface area contributed by atoms with Crippen molar-refractivity contribution in [2.75, 3.05) is 0 Å². The van der Waals surface area contributed by atoms with E-state index >= 15 is 0 Å². The lowest BCUT2D eigenvalue weighted by atomic mass is 10.4. The molecule has 0 aliphatic heterocycles. The van der Waals surface area contributed by atoms with E-state index in [-0.39, 0.29) is 0 Å². The van der Waals surface area contributed by atoms with Crippen molar-refractivity contribution in [1.82, 2.24) is 0 Å². The minimum absolute atomic E-state index is 0.783. The van der Waals surface area contributed by atoms with E-state index in [1.54, 1.807) is 0 Å². The first-order valence-corrected chi connectivity index (χ1v) is 10.5. The van der Waals surface area contributed by atoms with Crippen molar-refractivity contribution in [1.29, 1.82) is 0 Å². The molecule has 0 atom stereocenters. The molecule has 0 unspecified atom stereocenters. The minimum atomic E-state index is -4.62. The molecule has 0 aliphatic carbocycles. The van der Waals surface area contributed by atoms with Crippen LogP contribution in [0, 0.1) is 0 Å². The monoisotopic (exact) mass is 361 g/mol. The first-order chi connectivity index (χ1) is 11.5. The van der Waals surface area contributed by atoms with Gasteiger partial charge in [-0.05, 0) is 36.4 Å². The molecule has 4 nitrogen and oxygen atoms in total. The number of rotatable bonds is 5. The molecule has 6 heteroatoms. The summed E-state index contributed by atoms with van der Waals surface area (Å²) in [5.74, 6) is 0. The van der Waals surface area contributed by atoms with Gasteiger partial charge >= 0.3 is 7.82 Å². The Kier molecular flexibility index (Phi) is 4.90. The maximum atomic E-state index is 11.9. The van der Waals surface area contributed by atoms with Crippen molar-refractivity contribution in [3.8, 4) is 0 Å². The molecular formula is C18H18O4PS+. The standard InChI is InChI=1S/C18H17O4PS/c19-23(20,21)22-24(16-10-4-1-5-11-16,17-12-6-2-7-13-17)18-14-8-3-9-15-18/h1-15H,(H2,19,20,21)/p+1. The highest BCUT2D eigenvalue weighted by Gasteiger charge is 2.44. The van der Waals surface area contributed by atoms with Crippen LogP contribution in [0.4, 0.5) is 0 Å². The summed E-state index contributed by atoms with van der Waals surface area (Å²) < 4.78 is 16.0. The summed E-state index contributed by atoms with van der Waals surface area (Å²) in [5.41, 5.74) is 0. The van der Waals surface area contributed by atoms with Crippen molar-refractivity contribution in [2.45, 2.75) is 14.7 Å². The van der Waals surface area contributed by atoms with Crippen molar-refractivity contribution in [3.05, 3.63) is 91.0 Å². The van der Waals surface area contributed by atoms with Gasteiger partial charge in [0.25, 0.3) is 0 Å². The molecule has 24 heavy (non-hydrogen) atoms. The Labute approximate surface area is 142 Å². The molecule has 0 fully saturated rings. The largest absolute Gasteiger partial charge is 0.642 e. The second kappa shape index (κ2) is 6.93. The molecule has 3 aromatic carbocycles. The fourth-order valence-corrected chi connectivity index (χ4v) is 7.44. The van der Waals surface area contributed by atoms with Crippen LogP contribution in [0.5, 0.6) is 0 Å². The fraction of sp³-hybridized carbons (Fsp3) is 0. The van der Waals surface area contributed by atoms with Crippen LogP contribution in [0.2, 0.25) is 0 Å². The summed E-state index contributed by atoms with van der Waals surface area (Å²) >= 11 is 0. The van der Waals surface area contributed by atoms with Crippen LogP contribution in [0.1, 0.15) is 0 Å². The topological polar surface area (TPSA) is 70.3 Å². The van der Waals surface area contributed by atoms with E-state index in [9.17, 15) is 14.4 Å². The van der Waals surface area contributed by atoms with Crippen LogP contribution in [-0.4, -0.2) is 13.8 Å². The predicted octanol–water partition coefficient (Wildman–Crippen LogP) is 4.50. The quantitative estimate of drug-likeness (QED) is 0.519. The summed E-state index contributed by atoms with van der Waals surface area (Å²) in [5, 5.41) is 0. The average molecular weight is 361 g/mol. The maximum Gasteiger partial charge on any atom is 0.642 e. The Balaban J connectivity index is 2.35. The van der Waals surface area contributed by atoms with Crippen molar-refractivity contribution < 1.29 is 18.3 Å². The third-order valence-corrected chi connectivity index (χ3v) is 8.18. The molecule has 0 saturated heterocycles.